The molecule has 8 atom stereocenters. The van der Waals surface area contributed by atoms with E-state index >= 15 is 0 Å². The van der Waals surface area contributed by atoms with E-state index < -0.39 is 56.7 Å². The van der Waals surface area contributed by atoms with Crippen molar-refractivity contribution in [1.29, 1.82) is 0 Å². The lowest BCUT2D eigenvalue weighted by Crippen LogP contribution is -2.37. The normalized spacial score (nSPS) is 22.4. The lowest BCUT2D eigenvalue weighted by molar-refractivity contribution is -0.151. The highest BCUT2D eigenvalue weighted by atomic mass is 35.5. The number of benzene rings is 1. The van der Waals surface area contributed by atoms with E-state index in [-0.39, 0.29) is 29.0 Å². The van der Waals surface area contributed by atoms with Gasteiger partial charge < -0.3 is 29.7 Å². The van der Waals surface area contributed by atoms with Crippen molar-refractivity contribution in [2.24, 2.45) is 17.8 Å². The van der Waals surface area contributed by atoms with Crippen LogP contribution in [0.4, 0.5) is 0 Å². The number of aliphatic carboxylic acids is 1. The molecule has 4 N–H and O–H groups in total. The highest BCUT2D eigenvalue weighted by Crippen LogP contribution is 2.48. The van der Waals surface area contributed by atoms with E-state index in [1.165, 1.54) is 25.3 Å². The number of halogens is 1. The molecular formula is C29H40ClO11P. The summed E-state index contributed by atoms with van der Waals surface area (Å²) in [6.45, 7) is 5.15. The van der Waals surface area contributed by atoms with Gasteiger partial charge in [0.1, 0.15) is 11.9 Å². The van der Waals surface area contributed by atoms with Gasteiger partial charge in [0.2, 0.25) is 0 Å². The van der Waals surface area contributed by atoms with Gasteiger partial charge in [0.05, 0.1) is 23.8 Å². The Hall–Kier alpha value is -2.50. The Labute approximate surface area is 251 Å². The number of rotatable bonds is 17. The molecule has 1 aliphatic heterocycles. The number of carboxylic acids is 1. The number of carbonyl (C=O) groups is 2. The molecule has 0 radical (unpaired) electrons. The van der Waals surface area contributed by atoms with Gasteiger partial charge in [-0.15, -0.1) is 0 Å². The maximum atomic E-state index is 12.9. The van der Waals surface area contributed by atoms with Crippen molar-refractivity contribution in [2.75, 3.05) is 13.7 Å². The quantitative estimate of drug-likeness (QED) is 0.102. The molecule has 0 saturated carbocycles. The number of carboxylic acid groups (broad SMARTS) is 1. The second-order valence-electron chi connectivity index (χ2n) is 10.3. The van der Waals surface area contributed by atoms with E-state index in [0.717, 1.165) is 6.42 Å². The Morgan fingerprint density at radius 1 is 1.21 bits per heavy atom. The van der Waals surface area contributed by atoms with Crippen molar-refractivity contribution in [1.82, 2.24) is 0 Å². The Morgan fingerprint density at radius 3 is 2.57 bits per heavy atom. The van der Waals surface area contributed by atoms with Gasteiger partial charge in [0, 0.05) is 25.5 Å². The number of hydrogen-bond donors (Lipinski definition) is 4. The molecule has 0 aliphatic carbocycles. The van der Waals surface area contributed by atoms with E-state index in [1.54, 1.807) is 37.3 Å². The van der Waals surface area contributed by atoms with Crippen LogP contribution in [0.25, 0.3) is 6.08 Å². The third kappa shape index (κ3) is 11.3. The van der Waals surface area contributed by atoms with Crippen molar-refractivity contribution >= 4 is 37.4 Å². The average Bonchev–Trinajstić information content (AvgIpc) is 2.92. The summed E-state index contributed by atoms with van der Waals surface area (Å²) in [6.07, 6.45) is 6.07. The van der Waals surface area contributed by atoms with Crippen LogP contribution in [0.1, 0.15) is 45.6 Å². The monoisotopic (exact) mass is 630 g/mol. The van der Waals surface area contributed by atoms with Gasteiger partial charge >= 0.3 is 19.8 Å². The van der Waals surface area contributed by atoms with Crippen LogP contribution in [0.5, 0.6) is 5.75 Å². The number of aromatic hydroxyl groups is 1. The van der Waals surface area contributed by atoms with E-state index in [9.17, 15) is 34.4 Å². The Kier molecular flexibility index (Phi) is 14.4. The van der Waals surface area contributed by atoms with Crippen molar-refractivity contribution in [3.8, 4) is 5.75 Å². The molecule has 1 heterocycles. The molecule has 0 spiro atoms. The number of phenols is 1. The van der Waals surface area contributed by atoms with Crippen LogP contribution in [0.3, 0.4) is 0 Å². The molecule has 42 heavy (non-hydrogen) atoms. The van der Waals surface area contributed by atoms with Crippen molar-refractivity contribution in [3.63, 3.8) is 0 Å². The van der Waals surface area contributed by atoms with Crippen molar-refractivity contribution < 1.29 is 52.9 Å². The van der Waals surface area contributed by atoms with Crippen LogP contribution >= 0.6 is 19.4 Å². The fourth-order valence-electron chi connectivity index (χ4n) is 4.72. The number of aliphatic hydroxyl groups is 1. The predicted octanol–water partition coefficient (Wildman–Crippen LogP) is 5.14. The third-order valence-electron chi connectivity index (χ3n) is 6.89. The first-order valence-corrected chi connectivity index (χ1v) is 15.5. The number of allylic oxidation sites excluding steroid dienone is 2. The maximum absolute atomic E-state index is 12.9. The van der Waals surface area contributed by atoms with Gasteiger partial charge in [-0.25, -0.2) is 14.2 Å². The Bertz CT molecular complexity index is 1180. The first kappa shape index (κ1) is 35.7. The summed E-state index contributed by atoms with van der Waals surface area (Å²) < 4.78 is 33.5. The number of methoxy groups -OCH3 is 1. The summed E-state index contributed by atoms with van der Waals surface area (Å²) in [4.78, 5) is 33.8. The molecule has 1 aromatic rings. The number of esters is 1. The maximum Gasteiger partial charge on any atom is 0.473 e. The molecule has 1 unspecified atom stereocenters. The molecule has 13 heteroatoms. The van der Waals surface area contributed by atoms with Crippen molar-refractivity contribution in [2.45, 2.75) is 64.4 Å². The van der Waals surface area contributed by atoms with E-state index in [1.807, 2.05) is 19.9 Å². The summed E-state index contributed by atoms with van der Waals surface area (Å²) >= 11 is 6.07. The van der Waals surface area contributed by atoms with Gasteiger partial charge in [-0.05, 0) is 36.3 Å². The molecule has 1 aromatic carbocycles. The number of aliphatic hydroxyl groups excluding tert-OH is 1. The van der Waals surface area contributed by atoms with Gasteiger partial charge in [-0.2, -0.15) is 0 Å². The lowest BCUT2D eigenvalue weighted by Gasteiger charge is -2.35. The first-order chi connectivity index (χ1) is 19.8. The number of ether oxygens (including phenoxy) is 2. The summed E-state index contributed by atoms with van der Waals surface area (Å²) in [5.74, 6) is -2.65. The molecule has 234 valence electrons. The second-order valence-corrected chi connectivity index (χ2v) is 12.0. The highest BCUT2D eigenvalue weighted by Gasteiger charge is 2.38. The van der Waals surface area contributed by atoms with Crippen molar-refractivity contribution in [3.05, 3.63) is 59.2 Å². The minimum Gasteiger partial charge on any atom is -0.506 e. The minimum atomic E-state index is -4.93. The molecule has 2 rings (SSSR count). The SMILES string of the molecule is CC[C@@H]1C=CC(=O)O[C@@H]1[C@H](C)C[C@@H](C)[C@H](C[C@H](O)/C=C/C=C/c1cccc(O)c1Cl)OP(=O)(O)O[C@@H](COC)C(=O)O. The van der Waals surface area contributed by atoms with Gasteiger partial charge in [0.25, 0.3) is 0 Å². The molecule has 1 aliphatic rings. The van der Waals surface area contributed by atoms with Gasteiger partial charge in [-0.3, -0.25) is 9.05 Å². The van der Waals surface area contributed by atoms with Gasteiger partial charge in [-0.1, -0.05) is 74.9 Å². The largest absolute Gasteiger partial charge is 0.506 e. The fourth-order valence-corrected chi connectivity index (χ4v) is 6.07. The van der Waals surface area contributed by atoms with Crippen LogP contribution in [-0.2, 0) is 32.7 Å². The molecule has 0 bridgehead atoms. The Balaban J connectivity index is 2.20. The average molecular weight is 631 g/mol. The zero-order valence-electron chi connectivity index (χ0n) is 24.0. The molecule has 0 fully saturated rings. The summed E-state index contributed by atoms with van der Waals surface area (Å²) in [6, 6.07) is 4.79. The molecule has 0 amide bonds. The zero-order valence-corrected chi connectivity index (χ0v) is 25.7. The van der Waals surface area contributed by atoms with Crippen LogP contribution in [-0.4, -0.2) is 70.3 Å². The van der Waals surface area contributed by atoms with Crippen LogP contribution in [0, 0.1) is 17.8 Å². The number of hydrogen-bond acceptors (Lipinski definition) is 9. The number of phosphoric acid groups is 1. The van der Waals surface area contributed by atoms with E-state index in [2.05, 4.69) is 0 Å². The molecule has 11 nitrogen and oxygen atoms in total. The predicted molar refractivity (Wildman–Crippen MR) is 157 cm³/mol. The van der Waals surface area contributed by atoms with E-state index in [0.29, 0.717) is 12.0 Å². The lowest BCUT2D eigenvalue weighted by atomic mass is 9.81. The third-order valence-corrected chi connectivity index (χ3v) is 8.36. The number of cyclic esters (lactones) is 1. The number of phenolic OH excluding ortho intramolecular Hbond substituents is 1. The summed E-state index contributed by atoms with van der Waals surface area (Å²) in [7, 11) is -3.71. The van der Waals surface area contributed by atoms with Crippen LogP contribution in [0.2, 0.25) is 5.02 Å². The van der Waals surface area contributed by atoms with E-state index in [4.69, 9.17) is 30.1 Å². The molecule has 0 aromatic heterocycles. The number of phosphoric ester groups is 1. The smallest absolute Gasteiger partial charge is 0.473 e. The summed E-state index contributed by atoms with van der Waals surface area (Å²) in [5, 5.41) is 30.0. The number of carbonyl (C=O) groups excluding carboxylic acids is 1. The summed E-state index contributed by atoms with van der Waals surface area (Å²) in [5.41, 5.74) is 0.561. The van der Waals surface area contributed by atoms with Crippen LogP contribution in [0.15, 0.2) is 48.6 Å². The fraction of sp³-hybridized carbons (Fsp3) is 0.517. The topological polar surface area (TPSA) is 169 Å². The minimum absolute atomic E-state index is 0.00209. The van der Waals surface area contributed by atoms with Crippen LogP contribution < -0.4 is 0 Å². The zero-order chi connectivity index (χ0) is 31.4. The Morgan fingerprint density at radius 2 is 1.93 bits per heavy atom. The second kappa shape index (κ2) is 17.0. The van der Waals surface area contributed by atoms with Gasteiger partial charge in [0.15, 0.2) is 6.10 Å². The molecule has 0 saturated heterocycles. The molecular weight excluding hydrogens is 591 g/mol. The first-order valence-electron chi connectivity index (χ1n) is 13.6. The standard InChI is InChI=1S/C29H40ClO11P/c1-5-20-13-14-26(33)39-28(20)19(3)15-18(2)24(40-42(36,37)41-25(17-38-4)29(34)35)16-22(31)11-7-6-9-21-10-8-12-23(32)27(21)30/h6-14,18-20,22,24-25,28,31-32H,5,15-17H2,1-4H3,(H,34,35)(H,36,37)/b9-6+,11-7+/t18-,19-,20-,22-,24+,25+,28-/m1/s1. The highest BCUT2D eigenvalue weighted by molar-refractivity contribution is 7.47.